The Morgan fingerprint density at radius 2 is 1.93 bits per heavy atom. The fraction of sp³-hybridized carbons (Fsp3) is 0.111. The third-order valence-corrected chi connectivity index (χ3v) is 3.65. The van der Waals surface area contributed by atoms with E-state index in [1.165, 1.54) is 41.2 Å². The van der Waals surface area contributed by atoms with E-state index in [2.05, 4.69) is 10.4 Å². The SMILES string of the molecule is O=C(NCc1ccc(F)cc1)c1ccn(COc2ccccc2[N+](=O)[O-])n1. The molecule has 0 spiro atoms. The van der Waals surface area contributed by atoms with Crippen LogP contribution < -0.4 is 10.1 Å². The molecule has 0 fully saturated rings. The maximum Gasteiger partial charge on any atom is 0.311 e. The van der Waals surface area contributed by atoms with E-state index in [1.54, 1.807) is 24.3 Å². The molecule has 1 N–H and O–H groups in total. The van der Waals surface area contributed by atoms with E-state index in [0.29, 0.717) is 0 Å². The quantitative estimate of drug-likeness (QED) is 0.509. The molecule has 1 heterocycles. The van der Waals surface area contributed by atoms with E-state index < -0.39 is 10.8 Å². The molecule has 138 valence electrons. The van der Waals surface area contributed by atoms with Crippen molar-refractivity contribution in [1.82, 2.24) is 15.1 Å². The lowest BCUT2D eigenvalue weighted by molar-refractivity contribution is -0.386. The number of halogens is 1. The molecule has 3 rings (SSSR count). The van der Waals surface area contributed by atoms with Crippen LogP contribution in [0.2, 0.25) is 0 Å². The predicted octanol–water partition coefficient (Wildman–Crippen LogP) is 2.90. The smallest absolute Gasteiger partial charge is 0.311 e. The number of rotatable bonds is 7. The van der Waals surface area contributed by atoms with Crippen LogP contribution in [0.15, 0.2) is 60.8 Å². The summed E-state index contributed by atoms with van der Waals surface area (Å²) in [6, 6.07) is 13.3. The number of hydrogen-bond acceptors (Lipinski definition) is 5. The van der Waals surface area contributed by atoms with E-state index >= 15 is 0 Å². The minimum Gasteiger partial charge on any atom is -0.464 e. The van der Waals surface area contributed by atoms with Gasteiger partial charge in [0.05, 0.1) is 4.92 Å². The van der Waals surface area contributed by atoms with Crippen molar-refractivity contribution in [1.29, 1.82) is 0 Å². The number of carbonyl (C=O) groups is 1. The largest absolute Gasteiger partial charge is 0.464 e. The van der Waals surface area contributed by atoms with Crippen LogP contribution in [-0.2, 0) is 13.3 Å². The molecule has 0 bridgehead atoms. The maximum atomic E-state index is 12.9. The zero-order valence-electron chi connectivity index (χ0n) is 14.0. The highest BCUT2D eigenvalue weighted by Gasteiger charge is 2.14. The predicted molar refractivity (Wildman–Crippen MR) is 93.5 cm³/mol. The molecule has 0 aliphatic carbocycles. The van der Waals surface area contributed by atoms with Crippen LogP contribution in [0.4, 0.5) is 10.1 Å². The maximum absolute atomic E-state index is 12.9. The Kier molecular flexibility index (Phi) is 5.41. The van der Waals surface area contributed by atoms with Crippen molar-refractivity contribution in [3.63, 3.8) is 0 Å². The Balaban J connectivity index is 1.57. The van der Waals surface area contributed by atoms with Crippen LogP contribution in [0, 0.1) is 15.9 Å². The number of nitrogens with one attached hydrogen (secondary N) is 1. The fourth-order valence-electron chi connectivity index (χ4n) is 2.30. The lowest BCUT2D eigenvalue weighted by Gasteiger charge is -2.06. The molecular formula is C18H15FN4O4. The van der Waals surface area contributed by atoms with Gasteiger partial charge >= 0.3 is 5.69 Å². The summed E-state index contributed by atoms with van der Waals surface area (Å²) in [5.74, 6) is -0.633. The summed E-state index contributed by atoms with van der Waals surface area (Å²) in [4.78, 5) is 22.6. The van der Waals surface area contributed by atoms with Crippen molar-refractivity contribution >= 4 is 11.6 Å². The lowest BCUT2D eigenvalue weighted by Crippen LogP contribution is -2.23. The van der Waals surface area contributed by atoms with Gasteiger partial charge in [-0.05, 0) is 29.8 Å². The number of hydrogen-bond donors (Lipinski definition) is 1. The number of para-hydroxylation sites is 2. The van der Waals surface area contributed by atoms with Gasteiger partial charge in [0, 0.05) is 18.8 Å². The van der Waals surface area contributed by atoms with Crippen LogP contribution in [0.3, 0.4) is 0 Å². The fourth-order valence-corrected chi connectivity index (χ4v) is 2.30. The molecule has 9 heteroatoms. The van der Waals surface area contributed by atoms with Crippen LogP contribution >= 0.6 is 0 Å². The lowest BCUT2D eigenvalue weighted by atomic mass is 10.2. The van der Waals surface area contributed by atoms with Gasteiger partial charge in [-0.25, -0.2) is 9.07 Å². The van der Waals surface area contributed by atoms with Gasteiger partial charge in [-0.2, -0.15) is 5.10 Å². The number of amides is 1. The summed E-state index contributed by atoms with van der Waals surface area (Å²) in [5.41, 5.74) is 0.772. The Morgan fingerprint density at radius 3 is 2.67 bits per heavy atom. The topological polar surface area (TPSA) is 99.3 Å². The van der Waals surface area contributed by atoms with Gasteiger partial charge in [0.25, 0.3) is 5.91 Å². The van der Waals surface area contributed by atoms with Gasteiger partial charge in [-0.15, -0.1) is 0 Å². The summed E-state index contributed by atoms with van der Waals surface area (Å²) in [6.45, 7) is 0.148. The van der Waals surface area contributed by atoms with Gasteiger partial charge in [-0.3, -0.25) is 14.9 Å². The molecule has 2 aromatic carbocycles. The molecule has 0 aliphatic rings. The standard InChI is InChI=1S/C18H15FN4O4/c19-14-7-5-13(6-8-14)11-20-18(24)15-9-10-22(21-15)12-27-17-4-2-1-3-16(17)23(25)26/h1-10H,11-12H2,(H,20,24). The summed E-state index contributed by atoms with van der Waals surface area (Å²) >= 11 is 0. The highest BCUT2D eigenvalue weighted by Crippen LogP contribution is 2.25. The Hall–Kier alpha value is -3.75. The molecule has 0 unspecified atom stereocenters. The Morgan fingerprint density at radius 1 is 1.19 bits per heavy atom. The van der Waals surface area contributed by atoms with Crippen LogP contribution in [0.25, 0.3) is 0 Å². The van der Waals surface area contributed by atoms with E-state index in [9.17, 15) is 19.3 Å². The second kappa shape index (κ2) is 8.09. The van der Waals surface area contributed by atoms with Crippen LogP contribution in [-0.4, -0.2) is 20.6 Å². The number of benzene rings is 2. The minimum absolute atomic E-state index is 0.0872. The number of carbonyl (C=O) groups excluding carboxylic acids is 1. The Bertz CT molecular complexity index is 956. The minimum atomic E-state index is -0.535. The van der Waals surface area contributed by atoms with Gasteiger partial charge < -0.3 is 10.1 Å². The number of ether oxygens (including phenoxy) is 1. The monoisotopic (exact) mass is 370 g/mol. The van der Waals surface area contributed by atoms with Crippen molar-refractivity contribution in [2.45, 2.75) is 13.3 Å². The molecule has 0 radical (unpaired) electrons. The van der Waals surface area contributed by atoms with Crippen molar-refractivity contribution in [3.8, 4) is 5.75 Å². The Labute approximate surface area is 153 Å². The summed E-state index contributed by atoms with van der Waals surface area (Å²) in [5, 5.41) is 17.7. The van der Waals surface area contributed by atoms with Crippen LogP contribution in [0.5, 0.6) is 5.75 Å². The first-order chi connectivity index (χ1) is 13.0. The first-order valence-electron chi connectivity index (χ1n) is 7.95. The van der Waals surface area contributed by atoms with Gasteiger partial charge in [0.1, 0.15) is 11.5 Å². The van der Waals surface area contributed by atoms with Gasteiger partial charge in [-0.1, -0.05) is 24.3 Å². The third kappa shape index (κ3) is 4.66. The number of nitro groups is 1. The van der Waals surface area contributed by atoms with Crippen molar-refractivity contribution in [3.05, 3.63) is 88.0 Å². The normalized spacial score (nSPS) is 10.4. The molecule has 27 heavy (non-hydrogen) atoms. The van der Waals surface area contributed by atoms with E-state index in [0.717, 1.165) is 5.56 Å². The molecule has 8 nitrogen and oxygen atoms in total. The molecule has 3 aromatic rings. The molecule has 0 aliphatic heterocycles. The number of nitrogens with zero attached hydrogens (tertiary/aromatic N) is 3. The average molecular weight is 370 g/mol. The third-order valence-electron chi connectivity index (χ3n) is 3.65. The molecular weight excluding hydrogens is 355 g/mol. The number of aromatic nitrogens is 2. The first kappa shape index (κ1) is 18.1. The van der Waals surface area contributed by atoms with Crippen LogP contribution in [0.1, 0.15) is 16.1 Å². The highest BCUT2D eigenvalue weighted by atomic mass is 19.1. The summed E-state index contributed by atoms with van der Waals surface area (Å²) in [6.07, 6.45) is 1.53. The van der Waals surface area contributed by atoms with Crippen molar-refractivity contribution in [2.24, 2.45) is 0 Å². The average Bonchev–Trinajstić information content (AvgIpc) is 3.15. The second-order valence-electron chi connectivity index (χ2n) is 5.55. The molecule has 0 saturated carbocycles. The van der Waals surface area contributed by atoms with Gasteiger partial charge in [0.15, 0.2) is 12.5 Å². The molecule has 1 aromatic heterocycles. The van der Waals surface area contributed by atoms with E-state index in [1.807, 2.05) is 0 Å². The van der Waals surface area contributed by atoms with Crippen molar-refractivity contribution < 1.29 is 18.8 Å². The zero-order chi connectivity index (χ0) is 19.2. The molecule has 1 amide bonds. The summed E-state index contributed by atoms with van der Waals surface area (Å²) in [7, 11) is 0. The summed E-state index contributed by atoms with van der Waals surface area (Å²) < 4.78 is 19.6. The van der Waals surface area contributed by atoms with E-state index in [-0.39, 0.29) is 36.2 Å². The van der Waals surface area contributed by atoms with Crippen molar-refractivity contribution in [2.75, 3.05) is 0 Å². The molecule has 0 atom stereocenters. The van der Waals surface area contributed by atoms with E-state index in [4.69, 9.17) is 4.74 Å². The zero-order valence-corrected chi connectivity index (χ0v) is 14.0. The van der Waals surface area contributed by atoms with Gasteiger partial charge in [0.2, 0.25) is 0 Å². The first-order valence-corrected chi connectivity index (χ1v) is 7.95. The second-order valence-corrected chi connectivity index (χ2v) is 5.55. The molecule has 0 saturated heterocycles. The highest BCUT2D eigenvalue weighted by molar-refractivity contribution is 5.92. The number of nitro benzene ring substituents is 1.